The van der Waals surface area contributed by atoms with Gasteiger partial charge in [0.1, 0.15) is 5.56 Å². The lowest BCUT2D eigenvalue weighted by atomic mass is 10.1. The number of carbonyl (C=O) groups is 1. The Hall–Kier alpha value is -1.70. The Balaban J connectivity index is 2.94. The largest absolute Gasteiger partial charge is 0.389 e. The summed E-state index contributed by atoms with van der Waals surface area (Å²) in [4.78, 5) is 23.6. The van der Waals surface area contributed by atoms with E-state index < -0.39 is 16.9 Å². The Labute approximate surface area is 120 Å². The average Bonchev–Trinajstić information content (AvgIpc) is 2.37. The molecule has 0 aromatic heterocycles. The molecule has 1 aromatic rings. The number of methoxy groups -OCH3 is 1. The molecule has 0 saturated heterocycles. The molecule has 1 rings (SSSR count). The van der Waals surface area contributed by atoms with Gasteiger partial charge in [-0.1, -0.05) is 11.6 Å². The molecular weight excluding hydrogens is 288 g/mol. The van der Waals surface area contributed by atoms with Gasteiger partial charge in [0.05, 0.1) is 17.6 Å². The molecule has 1 aromatic carbocycles. The molecule has 0 heterocycles. The number of nitro groups is 1. The lowest BCUT2D eigenvalue weighted by Crippen LogP contribution is -2.36. The van der Waals surface area contributed by atoms with E-state index in [1.165, 1.54) is 31.2 Å². The highest BCUT2D eigenvalue weighted by molar-refractivity contribution is 6.31. The summed E-state index contributed by atoms with van der Waals surface area (Å²) in [6.45, 7) is 0.0762. The maximum atomic E-state index is 12.1. The fourth-order valence-corrected chi connectivity index (χ4v) is 1.85. The lowest BCUT2D eigenvalue weighted by molar-refractivity contribution is -0.385. The van der Waals surface area contributed by atoms with Gasteiger partial charge in [0.2, 0.25) is 0 Å². The van der Waals surface area contributed by atoms with E-state index in [4.69, 9.17) is 16.3 Å². The molecule has 7 nitrogen and oxygen atoms in total. The summed E-state index contributed by atoms with van der Waals surface area (Å²) in [5, 5.41) is 20.7. The number of hydrogen-bond donors (Lipinski definition) is 1. The fraction of sp³-hybridized carbons (Fsp3) is 0.417. The van der Waals surface area contributed by atoms with Crippen molar-refractivity contribution in [3.8, 4) is 0 Å². The second kappa shape index (κ2) is 7.18. The predicted molar refractivity (Wildman–Crippen MR) is 72.9 cm³/mol. The third-order valence-corrected chi connectivity index (χ3v) is 2.81. The van der Waals surface area contributed by atoms with E-state index in [1.807, 2.05) is 0 Å². The van der Waals surface area contributed by atoms with Gasteiger partial charge in [0, 0.05) is 31.8 Å². The minimum absolute atomic E-state index is 0.00640. The van der Waals surface area contributed by atoms with Crippen LogP contribution in [0.25, 0.3) is 0 Å². The standard InChI is InChI=1S/C12H15ClN2O5/c1-14(6-9(16)7-20-2)12(17)10-4-3-8(13)5-11(10)15(18)19/h3-5,9,16H,6-7H2,1-2H3. The van der Waals surface area contributed by atoms with Crippen molar-refractivity contribution in [2.24, 2.45) is 0 Å². The summed E-state index contributed by atoms with van der Waals surface area (Å²) >= 11 is 5.68. The number of hydrogen-bond acceptors (Lipinski definition) is 5. The van der Waals surface area contributed by atoms with E-state index in [-0.39, 0.29) is 29.4 Å². The molecule has 1 atom stereocenters. The number of ether oxygens (including phenoxy) is 1. The molecule has 0 aliphatic rings. The van der Waals surface area contributed by atoms with Crippen molar-refractivity contribution in [2.75, 3.05) is 27.3 Å². The third-order valence-electron chi connectivity index (χ3n) is 2.58. The minimum Gasteiger partial charge on any atom is -0.389 e. The van der Waals surface area contributed by atoms with Crippen molar-refractivity contribution in [3.05, 3.63) is 38.9 Å². The highest BCUT2D eigenvalue weighted by Gasteiger charge is 2.24. The van der Waals surface area contributed by atoms with Crippen LogP contribution in [0.3, 0.4) is 0 Å². The van der Waals surface area contributed by atoms with Crippen LogP contribution in [0.1, 0.15) is 10.4 Å². The topological polar surface area (TPSA) is 92.9 Å². The zero-order valence-corrected chi connectivity index (χ0v) is 11.8. The van der Waals surface area contributed by atoms with E-state index in [9.17, 15) is 20.0 Å². The first-order chi connectivity index (χ1) is 9.36. The number of nitro benzene ring substituents is 1. The molecule has 0 saturated carbocycles. The Morgan fingerprint density at radius 1 is 1.60 bits per heavy atom. The van der Waals surface area contributed by atoms with Crippen LogP contribution in [0.2, 0.25) is 5.02 Å². The molecule has 20 heavy (non-hydrogen) atoms. The fourth-order valence-electron chi connectivity index (χ4n) is 1.69. The van der Waals surface area contributed by atoms with Gasteiger partial charge in [0.15, 0.2) is 0 Å². The first kappa shape index (κ1) is 16.4. The summed E-state index contributed by atoms with van der Waals surface area (Å²) in [6, 6.07) is 3.82. The summed E-state index contributed by atoms with van der Waals surface area (Å²) in [6.07, 6.45) is -0.861. The second-order valence-corrected chi connectivity index (χ2v) is 4.65. The van der Waals surface area contributed by atoms with Gasteiger partial charge in [-0.25, -0.2) is 0 Å². The Morgan fingerprint density at radius 3 is 2.80 bits per heavy atom. The van der Waals surface area contributed by atoms with Gasteiger partial charge < -0.3 is 14.7 Å². The van der Waals surface area contributed by atoms with Crippen LogP contribution in [-0.4, -0.2) is 54.3 Å². The van der Waals surface area contributed by atoms with Crippen LogP contribution < -0.4 is 0 Å². The van der Waals surface area contributed by atoms with Gasteiger partial charge in [-0.2, -0.15) is 0 Å². The van der Waals surface area contributed by atoms with Crippen LogP contribution in [-0.2, 0) is 4.74 Å². The smallest absolute Gasteiger partial charge is 0.283 e. The Bertz CT molecular complexity index is 509. The van der Waals surface area contributed by atoms with Crippen LogP contribution in [0.4, 0.5) is 5.69 Å². The molecule has 0 fully saturated rings. The number of rotatable bonds is 6. The molecule has 110 valence electrons. The van der Waals surface area contributed by atoms with E-state index >= 15 is 0 Å². The van der Waals surface area contributed by atoms with Crippen molar-refractivity contribution >= 4 is 23.2 Å². The van der Waals surface area contributed by atoms with E-state index in [2.05, 4.69) is 0 Å². The maximum absolute atomic E-state index is 12.1. The summed E-state index contributed by atoms with van der Waals surface area (Å²) in [7, 11) is 2.87. The number of carbonyl (C=O) groups excluding carboxylic acids is 1. The molecule has 0 radical (unpaired) electrons. The molecule has 0 aliphatic carbocycles. The van der Waals surface area contributed by atoms with Crippen molar-refractivity contribution < 1.29 is 19.6 Å². The van der Waals surface area contributed by atoms with Gasteiger partial charge in [0.25, 0.3) is 11.6 Å². The molecule has 8 heteroatoms. The highest BCUT2D eigenvalue weighted by atomic mass is 35.5. The van der Waals surface area contributed by atoms with Crippen LogP contribution in [0, 0.1) is 10.1 Å². The van der Waals surface area contributed by atoms with E-state index in [0.29, 0.717) is 0 Å². The molecule has 1 N–H and O–H groups in total. The monoisotopic (exact) mass is 302 g/mol. The number of nitrogens with zero attached hydrogens (tertiary/aromatic N) is 2. The Kier molecular flexibility index (Phi) is 5.87. The highest BCUT2D eigenvalue weighted by Crippen LogP contribution is 2.24. The van der Waals surface area contributed by atoms with Crippen molar-refractivity contribution in [3.63, 3.8) is 0 Å². The average molecular weight is 303 g/mol. The van der Waals surface area contributed by atoms with Crippen molar-refractivity contribution in [1.82, 2.24) is 4.90 Å². The van der Waals surface area contributed by atoms with Crippen molar-refractivity contribution in [1.29, 1.82) is 0 Å². The quantitative estimate of drug-likeness (QED) is 0.632. The first-order valence-electron chi connectivity index (χ1n) is 5.73. The Morgan fingerprint density at radius 2 is 2.25 bits per heavy atom. The molecule has 0 bridgehead atoms. The normalized spacial score (nSPS) is 12.0. The van der Waals surface area contributed by atoms with Gasteiger partial charge in [-0.15, -0.1) is 0 Å². The molecular formula is C12H15ClN2O5. The van der Waals surface area contributed by atoms with Crippen LogP contribution >= 0.6 is 11.6 Å². The third kappa shape index (κ3) is 4.16. The predicted octanol–water partition coefficient (Wildman–Crippen LogP) is 1.33. The van der Waals surface area contributed by atoms with E-state index in [0.717, 1.165) is 6.07 Å². The summed E-state index contributed by atoms with van der Waals surface area (Å²) < 4.78 is 4.75. The number of likely N-dealkylation sites (N-methyl/N-ethyl adjacent to an activating group) is 1. The zero-order chi connectivity index (χ0) is 15.3. The number of benzene rings is 1. The van der Waals surface area contributed by atoms with Crippen LogP contribution in [0.5, 0.6) is 0 Å². The molecule has 1 amide bonds. The van der Waals surface area contributed by atoms with E-state index in [1.54, 1.807) is 0 Å². The molecule has 1 unspecified atom stereocenters. The first-order valence-corrected chi connectivity index (χ1v) is 6.11. The number of amides is 1. The maximum Gasteiger partial charge on any atom is 0.283 e. The molecule has 0 aliphatic heterocycles. The summed E-state index contributed by atoms with van der Waals surface area (Å²) in [5.74, 6) is -0.566. The van der Waals surface area contributed by atoms with Gasteiger partial charge in [-0.05, 0) is 12.1 Å². The lowest BCUT2D eigenvalue weighted by Gasteiger charge is -2.20. The molecule has 0 spiro atoms. The SMILES string of the molecule is COCC(O)CN(C)C(=O)c1ccc(Cl)cc1[N+](=O)[O-]. The minimum atomic E-state index is -0.861. The zero-order valence-electron chi connectivity index (χ0n) is 11.1. The second-order valence-electron chi connectivity index (χ2n) is 4.21. The van der Waals surface area contributed by atoms with Crippen molar-refractivity contribution in [2.45, 2.75) is 6.10 Å². The number of halogens is 1. The number of aliphatic hydroxyl groups is 1. The summed E-state index contributed by atoms with van der Waals surface area (Å²) in [5.41, 5.74) is -0.443. The van der Waals surface area contributed by atoms with Gasteiger partial charge in [-0.3, -0.25) is 14.9 Å². The number of aliphatic hydroxyl groups excluding tert-OH is 1. The van der Waals surface area contributed by atoms with Crippen LogP contribution in [0.15, 0.2) is 18.2 Å². The van der Waals surface area contributed by atoms with Gasteiger partial charge >= 0.3 is 0 Å².